The zero-order valence-corrected chi connectivity index (χ0v) is 13.8. The van der Waals surface area contributed by atoms with Gasteiger partial charge in [0.25, 0.3) is 0 Å². The van der Waals surface area contributed by atoms with Crippen LogP contribution < -0.4 is 0 Å². The Balaban J connectivity index is 1.76. The van der Waals surface area contributed by atoms with E-state index in [1.807, 2.05) is 24.3 Å². The lowest BCUT2D eigenvalue weighted by Gasteiger charge is -2.18. The monoisotopic (exact) mass is 373 g/mol. The zero-order chi connectivity index (χ0) is 13.9. The average Bonchev–Trinajstić information content (AvgIpc) is 2.84. The van der Waals surface area contributed by atoms with Gasteiger partial charge in [0.15, 0.2) is 15.6 Å². The molecule has 0 atom stereocenters. The van der Waals surface area contributed by atoms with Crippen LogP contribution in [-0.4, -0.2) is 18.2 Å². The molecule has 1 aromatic carbocycles. The number of hydrogen-bond donors (Lipinski definition) is 0. The first-order valence-corrected chi connectivity index (χ1v) is 8.38. The van der Waals surface area contributed by atoms with Gasteiger partial charge in [0, 0.05) is 29.0 Å². The first-order chi connectivity index (χ1) is 9.72. The quantitative estimate of drug-likeness (QED) is 0.745. The van der Waals surface area contributed by atoms with Gasteiger partial charge in [-0.15, -0.1) is 0 Å². The van der Waals surface area contributed by atoms with E-state index < -0.39 is 0 Å². The van der Waals surface area contributed by atoms with E-state index in [2.05, 4.69) is 20.9 Å². The number of nitrogens with zero attached hydrogens (tertiary/aromatic N) is 1. The molecule has 0 amide bonds. The van der Waals surface area contributed by atoms with E-state index in [1.54, 1.807) is 11.8 Å². The van der Waals surface area contributed by atoms with Gasteiger partial charge in [-0.1, -0.05) is 11.6 Å². The van der Waals surface area contributed by atoms with Gasteiger partial charge in [0.2, 0.25) is 0 Å². The molecule has 0 N–H and O–H groups in total. The first kappa shape index (κ1) is 14.4. The van der Waals surface area contributed by atoms with Crippen LogP contribution in [0.2, 0.25) is 5.02 Å². The maximum Gasteiger partial charge on any atom is 0.200 e. The Hall–Kier alpha value is -0.490. The van der Waals surface area contributed by atoms with E-state index in [1.165, 1.54) is 0 Å². The SMILES string of the molecule is Clc1ccc(Sc2oc(C3CCOCC3)nc2Br)cc1. The number of ether oxygens (including phenoxy) is 1. The summed E-state index contributed by atoms with van der Waals surface area (Å²) in [6.07, 6.45) is 1.94. The second-order valence-corrected chi connectivity index (χ2v) is 6.81. The summed E-state index contributed by atoms with van der Waals surface area (Å²) in [4.78, 5) is 5.57. The third-order valence-electron chi connectivity index (χ3n) is 3.17. The Morgan fingerprint density at radius 3 is 2.60 bits per heavy atom. The summed E-state index contributed by atoms with van der Waals surface area (Å²) in [5.74, 6) is 1.16. The standard InChI is InChI=1S/C14H13BrClNO2S/c15-12-14(20-11-3-1-10(16)2-4-11)19-13(17-12)9-5-7-18-8-6-9/h1-4,9H,5-8H2. The van der Waals surface area contributed by atoms with E-state index in [0.29, 0.717) is 5.92 Å². The highest BCUT2D eigenvalue weighted by molar-refractivity contribution is 9.10. The predicted molar refractivity (Wildman–Crippen MR) is 82.6 cm³/mol. The Kier molecular flexibility index (Phi) is 4.71. The molecular formula is C14H13BrClNO2S. The Morgan fingerprint density at radius 1 is 1.20 bits per heavy atom. The third-order valence-corrected chi connectivity index (χ3v) is 5.19. The van der Waals surface area contributed by atoms with Crippen molar-refractivity contribution in [2.24, 2.45) is 0 Å². The molecule has 1 aromatic heterocycles. The van der Waals surface area contributed by atoms with Gasteiger partial charge in [0.05, 0.1) is 0 Å². The molecule has 2 heterocycles. The Labute approximate surface area is 135 Å². The fourth-order valence-electron chi connectivity index (χ4n) is 2.09. The van der Waals surface area contributed by atoms with Crippen LogP contribution in [0, 0.1) is 0 Å². The molecule has 0 saturated carbocycles. The van der Waals surface area contributed by atoms with Crippen molar-refractivity contribution in [3.05, 3.63) is 39.8 Å². The van der Waals surface area contributed by atoms with E-state index >= 15 is 0 Å². The smallest absolute Gasteiger partial charge is 0.200 e. The van der Waals surface area contributed by atoms with Crippen molar-refractivity contribution < 1.29 is 9.15 Å². The van der Waals surface area contributed by atoms with Crippen LogP contribution >= 0.6 is 39.3 Å². The normalized spacial score (nSPS) is 16.5. The lowest BCUT2D eigenvalue weighted by atomic mass is 10.0. The Morgan fingerprint density at radius 2 is 1.90 bits per heavy atom. The fraction of sp³-hybridized carbons (Fsp3) is 0.357. The van der Waals surface area contributed by atoms with Crippen LogP contribution in [-0.2, 0) is 4.74 Å². The van der Waals surface area contributed by atoms with Crippen LogP contribution in [0.25, 0.3) is 0 Å². The summed E-state index contributed by atoms with van der Waals surface area (Å²) < 4.78 is 12.0. The minimum Gasteiger partial charge on any atom is -0.433 e. The molecule has 1 saturated heterocycles. The van der Waals surface area contributed by atoms with Crippen molar-refractivity contribution >= 4 is 39.3 Å². The van der Waals surface area contributed by atoms with Crippen LogP contribution in [0.5, 0.6) is 0 Å². The van der Waals surface area contributed by atoms with E-state index in [4.69, 9.17) is 20.8 Å². The van der Waals surface area contributed by atoms with Crippen molar-refractivity contribution in [2.45, 2.75) is 28.7 Å². The number of rotatable bonds is 3. The van der Waals surface area contributed by atoms with Crippen LogP contribution in [0.15, 0.2) is 43.3 Å². The van der Waals surface area contributed by atoms with Crippen molar-refractivity contribution in [1.82, 2.24) is 4.98 Å². The number of oxazole rings is 1. The number of benzene rings is 1. The topological polar surface area (TPSA) is 35.3 Å². The highest BCUT2D eigenvalue weighted by atomic mass is 79.9. The lowest BCUT2D eigenvalue weighted by molar-refractivity contribution is 0.0786. The Bertz CT molecular complexity index is 581. The summed E-state index contributed by atoms with van der Waals surface area (Å²) in [7, 11) is 0. The second-order valence-electron chi connectivity index (χ2n) is 4.57. The van der Waals surface area contributed by atoms with Gasteiger partial charge in [0.1, 0.15) is 0 Å². The largest absolute Gasteiger partial charge is 0.433 e. The number of aromatic nitrogens is 1. The van der Waals surface area contributed by atoms with Gasteiger partial charge in [-0.25, -0.2) is 4.98 Å². The molecule has 1 aliphatic rings. The van der Waals surface area contributed by atoms with Crippen molar-refractivity contribution in [2.75, 3.05) is 13.2 Å². The van der Waals surface area contributed by atoms with Gasteiger partial charge in [-0.3, -0.25) is 0 Å². The summed E-state index contributed by atoms with van der Waals surface area (Å²) in [6.45, 7) is 1.56. The fourth-order valence-corrected chi connectivity index (χ4v) is 3.46. The highest BCUT2D eigenvalue weighted by Crippen LogP contribution is 2.37. The molecule has 1 fully saturated rings. The molecule has 0 aliphatic carbocycles. The molecule has 2 aromatic rings. The summed E-state index contributed by atoms with van der Waals surface area (Å²) in [5.41, 5.74) is 0. The van der Waals surface area contributed by atoms with Crippen LogP contribution in [0.3, 0.4) is 0 Å². The van der Waals surface area contributed by atoms with E-state index in [-0.39, 0.29) is 0 Å². The molecule has 0 unspecified atom stereocenters. The van der Waals surface area contributed by atoms with Crippen LogP contribution in [0.4, 0.5) is 0 Å². The average molecular weight is 375 g/mol. The van der Waals surface area contributed by atoms with Gasteiger partial charge < -0.3 is 9.15 Å². The maximum atomic E-state index is 5.90. The summed E-state index contributed by atoms with van der Waals surface area (Å²) >= 11 is 10.9. The molecule has 0 spiro atoms. The lowest BCUT2D eigenvalue weighted by Crippen LogP contribution is -2.14. The van der Waals surface area contributed by atoms with Gasteiger partial charge >= 0.3 is 0 Å². The molecular weight excluding hydrogens is 362 g/mol. The van der Waals surface area contributed by atoms with Crippen molar-refractivity contribution in [1.29, 1.82) is 0 Å². The minimum atomic E-state index is 0.361. The number of hydrogen-bond acceptors (Lipinski definition) is 4. The molecule has 20 heavy (non-hydrogen) atoms. The third kappa shape index (κ3) is 3.39. The molecule has 0 radical (unpaired) electrons. The van der Waals surface area contributed by atoms with Crippen molar-refractivity contribution in [3.63, 3.8) is 0 Å². The minimum absolute atomic E-state index is 0.361. The molecule has 0 bridgehead atoms. The second kappa shape index (κ2) is 6.52. The highest BCUT2D eigenvalue weighted by Gasteiger charge is 2.23. The molecule has 6 heteroatoms. The first-order valence-electron chi connectivity index (χ1n) is 6.40. The van der Waals surface area contributed by atoms with Gasteiger partial charge in [-0.05, 0) is 64.8 Å². The zero-order valence-electron chi connectivity index (χ0n) is 10.6. The molecule has 3 rings (SSSR count). The molecule has 1 aliphatic heterocycles. The summed E-state index contributed by atoms with van der Waals surface area (Å²) in [5, 5.41) is 1.52. The molecule has 106 valence electrons. The summed E-state index contributed by atoms with van der Waals surface area (Å²) in [6, 6.07) is 7.67. The number of halogens is 2. The van der Waals surface area contributed by atoms with Crippen LogP contribution in [0.1, 0.15) is 24.7 Å². The van der Waals surface area contributed by atoms with E-state index in [9.17, 15) is 0 Å². The molecule has 3 nitrogen and oxygen atoms in total. The maximum absolute atomic E-state index is 5.90. The van der Waals surface area contributed by atoms with E-state index in [0.717, 1.165) is 51.6 Å². The van der Waals surface area contributed by atoms with Gasteiger partial charge in [-0.2, -0.15) is 0 Å². The predicted octanol–water partition coefficient (Wildman–Crippen LogP) is 5.14. The van der Waals surface area contributed by atoms with Crippen molar-refractivity contribution in [3.8, 4) is 0 Å².